The summed E-state index contributed by atoms with van der Waals surface area (Å²) in [6.07, 6.45) is 1.55. The van der Waals surface area contributed by atoms with Crippen molar-refractivity contribution >= 4 is 12.1 Å². The molecule has 172 valence electrons. The average molecular weight is 455 g/mol. The maximum atomic E-state index is 12.5. The highest BCUT2D eigenvalue weighted by atomic mass is 16.5. The van der Waals surface area contributed by atoms with Crippen LogP contribution in [-0.4, -0.2) is 29.4 Å². The maximum Gasteiger partial charge on any atom is 0.289 e. The lowest BCUT2D eigenvalue weighted by atomic mass is 10.0. The number of ether oxygens (including phenoxy) is 2. The highest BCUT2D eigenvalue weighted by Gasteiger charge is 2.11. The van der Waals surface area contributed by atoms with Gasteiger partial charge in [-0.15, -0.1) is 0 Å². The second-order valence-corrected chi connectivity index (χ2v) is 7.85. The summed E-state index contributed by atoms with van der Waals surface area (Å²) in [7, 11) is 1.59. The molecule has 0 spiro atoms. The Balaban J connectivity index is 1.40. The second kappa shape index (κ2) is 10.5. The Hall–Kier alpha value is -4.39. The number of carbonyl (C=O) groups excluding carboxylic acids is 1. The third kappa shape index (κ3) is 5.50. The van der Waals surface area contributed by atoms with Crippen LogP contribution in [0.15, 0.2) is 77.9 Å². The van der Waals surface area contributed by atoms with Crippen molar-refractivity contribution in [3.63, 3.8) is 0 Å². The maximum absolute atomic E-state index is 12.5. The van der Waals surface area contributed by atoms with Gasteiger partial charge in [0.05, 0.1) is 19.0 Å². The molecule has 0 saturated heterocycles. The van der Waals surface area contributed by atoms with Crippen molar-refractivity contribution < 1.29 is 14.3 Å². The minimum Gasteiger partial charge on any atom is -0.493 e. The molecule has 1 aromatic heterocycles. The molecule has 0 aliphatic heterocycles. The molecular weight excluding hydrogens is 428 g/mol. The number of rotatable bonds is 8. The summed E-state index contributed by atoms with van der Waals surface area (Å²) in [4.78, 5) is 12.5. The van der Waals surface area contributed by atoms with Crippen molar-refractivity contribution in [3.05, 3.63) is 101 Å². The van der Waals surface area contributed by atoms with Crippen LogP contribution in [-0.2, 0) is 6.61 Å². The van der Waals surface area contributed by atoms with E-state index in [1.807, 2.05) is 67.6 Å². The van der Waals surface area contributed by atoms with E-state index in [-0.39, 0.29) is 5.91 Å². The highest BCUT2D eigenvalue weighted by Crippen LogP contribution is 2.28. The number of carbonyl (C=O) groups is 1. The Bertz CT molecular complexity index is 1310. The zero-order valence-electron chi connectivity index (χ0n) is 19.3. The Morgan fingerprint density at radius 1 is 1.00 bits per heavy atom. The molecule has 0 aliphatic rings. The number of amides is 1. The number of aryl methyl sites for hydroxylation is 2. The predicted molar refractivity (Wildman–Crippen MR) is 132 cm³/mol. The molecule has 1 heterocycles. The molecule has 0 atom stereocenters. The molecule has 0 bridgehead atoms. The highest BCUT2D eigenvalue weighted by molar-refractivity contribution is 5.94. The molecule has 7 heteroatoms. The van der Waals surface area contributed by atoms with E-state index in [0.717, 1.165) is 16.7 Å². The summed E-state index contributed by atoms with van der Waals surface area (Å²) in [5, 5.41) is 11.1. The van der Waals surface area contributed by atoms with E-state index < -0.39 is 0 Å². The van der Waals surface area contributed by atoms with Crippen molar-refractivity contribution in [1.82, 2.24) is 15.6 Å². The molecule has 3 aromatic carbocycles. The van der Waals surface area contributed by atoms with Gasteiger partial charge in [0.1, 0.15) is 12.3 Å². The second-order valence-electron chi connectivity index (χ2n) is 7.85. The van der Waals surface area contributed by atoms with Crippen LogP contribution in [0.1, 0.15) is 32.7 Å². The topological polar surface area (TPSA) is 88.6 Å². The summed E-state index contributed by atoms with van der Waals surface area (Å²) < 4.78 is 11.3. The van der Waals surface area contributed by atoms with Gasteiger partial charge in [-0.1, -0.05) is 42.5 Å². The first-order chi connectivity index (χ1) is 16.5. The van der Waals surface area contributed by atoms with Gasteiger partial charge in [0.25, 0.3) is 5.91 Å². The Morgan fingerprint density at radius 3 is 2.59 bits per heavy atom. The summed E-state index contributed by atoms with van der Waals surface area (Å²) in [6, 6.07) is 23.1. The van der Waals surface area contributed by atoms with Gasteiger partial charge in [0.2, 0.25) is 0 Å². The lowest BCUT2D eigenvalue weighted by Crippen LogP contribution is -2.18. The minimum atomic E-state index is -0.382. The first-order valence-electron chi connectivity index (χ1n) is 10.8. The van der Waals surface area contributed by atoms with Crippen LogP contribution < -0.4 is 14.9 Å². The number of aromatic nitrogens is 2. The third-order valence-electron chi connectivity index (χ3n) is 5.43. The van der Waals surface area contributed by atoms with E-state index >= 15 is 0 Å². The summed E-state index contributed by atoms with van der Waals surface area (Å²) in [5.41, 5.74) is 8.68. The Labute approximate surface area is 198 Å². The van der Waals surface area contributed by atoms with Crippen LogP contribution in [0.4, 0.5) is 0 Å². The van der Waals surface area contributed by atoms with Gasteiger partial charge in [-0.25, -0.2) is 5.43 Å². The molecular formula is C27H26N4O3. The quantitative estimate of drug-likeness (QED) is 0.288. The minimum absolute atomic E-state index is 0.326. The fourth-order valence-electron chi connectivity index (χ4n) is 3.33. The molecule has 7 nitrogen and oxygen atoms in total. The van der Waals surface area contributed by atoms with Gasteiger partial charge >= 0.3 is 0 Å². The number of H-pyrrole nitrogens is 1. The first-order valence-corrected chi connectivity index (χ1v) is 10.8. The van der Waals surface area contributed by atoms with E-state index in [1.165, 1.54) is 11.1 Å². The van der Waals surface area contributed by atoms with E-state index in [1.54, 1.807) is 25.5 Å². The average Bonchev–Trinajstić information content (AvgIpc) is 3.36. The van der Waals surface area contributed by atoms with Gasteiger partial charge in [0.15, 0.2) is 11.5 Å². The lowest BCUT2D eigenvalue weighted by Gasteiger charge is -2.11. The molecule has 0 saturated carbocycles. The Kier molecular flexibility index (Phi) is 7.03. The standard InChI is InChI=1S/C27H26N4O3/c1-18-9-11-22(13-19(18)2)23-15-24(30-29-23)27(32)31-28-16-21-10-12-25(33-3)26(14-21)34-17-20-7-5-4-6-8-20/h4-16H,17H2,1-3H3,(H,29,30)(H,31,32)/b28-16-. The van der Waals surface area contributed by atoms with Gasteiger partial charge < -0.3 is 9.47 Å². The van der Waals surface area contributed by atoms with Crippen LogP contribution in [0, 0.1) is 13.8 Å². The van der Waals surface area contributed by atoms with E-state index in [4.69, 9.17) is 9.47 Å². The van der Waals surface area contributed by atoms with Gasteiger partial charge in [0, 0.05) is 5.56 Å². The summed E-state index contributed by atoms with van der Waals surface area (Å²) in [5.74, 6) is 0.828. The molecule has 0 fully saturated rings. The van der Waals surface area contributed by atoms with Crippen molar-refractivity contribution in [1.29, 1.82) is 0 Å². The van der Waals surface area contributed by atoms with Crippen LogP contribution >= 0.6 is 0 Å². The molecule has 4 aromatic rings. The number of methoxy groups -OCH3 is 1. The van der Waals surface area contributed by atoms with Gasteiger partial charge in [-0.2, -0.15) is 10.2 Å². The van der Waals surface area contributed by atoms with Gasteiger partial charge in [-0.3, -0.25) is 9.89 Å². The zero-order chi connectivity index (χ0) is 23.9. The summed E-state index contributed by atoms with van der Waals surface area (Å²) >= 11 is 0. The first kappa shape index (κ1) is 22.8. The van der Waals surface area contributed by atoms with E-state index in [2.05, 4.69) is 27.6 Å². The largest absolute Gasteiger partial charge is 0.493 e. The number of nitrogens with zero attached hydrogens (tertiary/aromatic N) is 2. The van der Waals surface area contributed by atoms with Crippen molar-refractivity contribution in [2.24, 2.45) is 5.10 Å². The molecule has 0 radical (unpaired) electrons. The molecule has 0 unspecified atom stereocenters. The van der Waals surface area contributed by atoms with Crippen LogP contribution in [0.25, 0.3) is 11.3 Å². The zero-order valence-corrected chi connectivity index (χ0v) is 19.3. The number of nitrogens with one attached hydrogen (secondary N) is 2. The van der Waals surface area contributed by atoms with Crippen LogP contribution in [0.5, 0.6) is 11.5 Å². The fraction of sp³-hybridized carbons (Fsp3) is 0.148. The Morgan fingerprint density at radius 2 is 1.82 bits per heavy atom. The molecule has 2 N–H and O–H groups in total. The fourth-order valence-corrected chi connectivity index (χ4v) is 3.33. The number of hydrogen-bond acceptors (Lipinski definition) is 5. The number of benzene rings is 3. The SMILES string of the molecule is COc1ccc(/C=N\NC(=O)c2cc(-c3ccc(C)c(C)c3)n[nH]2)cc1OCc1ccccc1. The van der Waals surface area contributed by atoms with Crippen LogP contribution in [0.2, 0.25) is 0 Å². The number of hydrazone groups is 1. The molecule has 34 heavy (non-hydrogen) atoms. The predicted octanol–water partition coefficient (Wildman–Crippen LogP) is 5.05. The molecule has 4 rings (SSSR count). The number of aromatic amines is 1. The number of hydrogen-bond donors (Lipinski definition) is 2. The normalized spacial score (nSPS) is 10.9. The van der Waals surface area contributed by atoms with Crippen molar-refractivity contribution in [3.8, 4) is 22.8 Å². The lowest BCUT2D eigenvalue weighted by molar-refractivity contribution is 0.0950. The summed E-state index contributed by atoms with van der Waals surface area (Å²) in [6.45, 7) is 4.52. The monoisotopic (exact) mass is 454 g/mol. The molecule has 0 aliphatic carbocycles. The van der Waals surface area contributed by atoms with Crippen molar-refractivity contribution in [2.45, 2.75) is 20.5 Å². The van der Waals surface area contributed by atoms with Crippen molar-refractivity contribution in [2.75, 3.05) is 7.11 Å². The van der Waals surface area contributed by atoms with E-state index in [0.29, 0.717) is 29.5 Å². The smallest absolute Gasteiger partial charge is 0.289 e. The van der Waals surface area contributed by atoms with E-state index in [9.17, 15) is 4.79 Å². The third-order valence-corrected chi connectivity index (χ3v) is 5.43. The van der Waals surface area contributed by atoms with Gasteiger partial charge in [-0.05, 0) is 66.4 Å². The van der Waals surface area contributed by atoms with Crippen LogP contribution in [0.3, 0.4) is 0 Å². The molecule has 1 amide bonds.